The van der Waals surface area contributed by atoms with E-state index in [4.69, 9.17) is 9.47 Å². The predicted octanol–water partition coefficient (Wildman–Crippen LogP) is 4.64. The number of para-hydroxylation sites is 2. The fourth-order valence-corrected chi connectivity index (χ4v) is 2.69. The first-order valence-corrected chi connectivity index (χ1v) is 7.87. The highest BCUT2D eigenvalue weighted by Crippen LogP contribution is 2.38. The third-order valence-electron chi connectivity index (χ3n) is 3.86. The minimum absolute atomic E-state index is 0.123. The summed E-state index contributed by atoms with van der Waals surface area (Å²) in [6, 6.07) is 22.5. The Kier molecular flexibility index (Phi) is 5.00. The highest BCUT2D eigenvalue weighted by atomic mass is 16.5. The molecule has 0 aliphatic carbocycles. The molecule has 0 fully saturated rings. The molecule has 0 unspecified atom stereocenters. The number of hydrogen-bond acceptors (Lipinski definition) is 3. The van der Waals surface area contributed by atoms with E-state index in [9.17, 15) is 9.90 Å². The van der Waals surface area contributed by atoms with E-state index in [-0.39, 0.29) is 5.56 Å². The van der Waals surface area contributed by atoms with Gasteiger partial charge in [0.05, 0.1) is 7.11 Å². The molecule has 0 bridgehead atoms. The Labute approximate surface area is 146 Å². The Balaban J connectivity index is 1.99. The molecule has 0 amide bonds. The van der Waals surface area contributed by atoms with E-state index in [1.54, 1.807) is 6.07 Å². The third-order valence-corrected chi connectivity index (χ3v) is 3.86. The van der Waals surface area contributed by atoms with Crippen molar-refractivity contribution < 1.29 is 19.4 Å². The Bertz CT molecular complexity index is 872. The minimum atomic E-state index is -1.03. The summed E-state index contributed by atoms with van der Waals surface area (Å²) >= 11 is 0. The van der Waals surface area contributed by atoms with Crippen LogP contribution in [0.25, 0.3) is 11.1 Å². The van der Waals surface area contributed by atoms with Gasteiger partial charge >= 0.3 is 5.97 Å². The molecule has 0 aliphatic heterocycles. The van der Waals surface area contributed by atoms with Gasteiger partial charge in [0.25, 0.3) is 0 Å². The summed E-state index contributed by atoms with van der Waals surface area (Å²) < 4.78 is 11.3. The summed E-state index contributed by atoms with van der Waals surface area (Å²) in [6.45, 7) is 0.429. The first kappa shape index (κ1) is 16.6. The lowest BCUT2D eigenvalue weighted by Crippen LogP contribution is -2.02. The van der Waals surface area contributed by atoms with E-state index in [1.807, 2.05) is 60.7 Å². The van der Waals surface area contributed by atoms with E-state index in [1.165, 1.54) is 13.2 Å². The fourth-order valence-electron chi connectivity index (χ4n) is 2.69. The quantitative estimate of drug-likeness (QED) is 0.713. The van der Waals surface area contributed by atoms with Crippen molar-refractivity contribution in [3.8, 4) is 22.6 Å². The molecular weight excluding hydrogens is 316 g/mol. The summed E-state index contributed by atoms with van der Waals surface area (Å²) in [4.78, 5) is 11.4. The van der Waals surface area contributed by atoms with Crippen molar-refractivity contribution in [2.45, 2.75) is 6.61 Å². The molecule has 0 radical (unpaired) electrons. The molecule has 3 rings (SSSR count). The van der Waals surface area contributed by atoms with Gasteiger partial charge in [-0.1, -0.05) is 60.7 Å². The number of carboxylic acid groups (broad SMARTS) is 1. The molecule has 4 heteroatoms. The first-order chi connectivity index (χ1) is 12.2. The number of carboxylic acids is 1. The molecular formula is C21H18O4. The molecule has 0 aromatic heterocycles. The molecule has 0 spiro atoms. The number of carbonyl (C=O) groups is 1. The molecule has 0 saturated carbocycles. The average Bonchev–Trinajstić information content (AvgIpc) is 2.66. The largest absolute Gasteiger partial charge is 0.495 e. The van der Waals surface area contributed by atoms with Crippen LogP contribution in [0.4, 0.5) is 0 Å². The standard InChI is InChI=1S/C21H18O4/c1-24-20-17(11-7-12-18(20)21(22)23)16-10-5-6-13-19(16)25-14-15-8-3-2-4-9-15/h2-13H,14H2,1H3,(H,22,23). The number of hydrogen-bond donors (Lipinski definition) is 1. The summed E-state index contributed by atoms with van der Waals surface area (Å²) in [7, 11) is 1.47. The molecule has 0 aliphatic rings. The highest BCUT2D eigenvalue weighted by Gasteiger charge is 2.18. The number of benzene rings is 3. The topological polar surface area (TPSA) is 55.8 Å². The highest BCUT2D eigenvalue weighted by molar-refractivity contribution is 5.95. The summed E-state index contributed by atoms with van der Waals surface area (Å²) in [5, 5.41) is 9.38. The molecule has 1 N–H and O–H groups in total. The SMILES string of the molecule is COc1c(C(=O)O)cccc1-c1ccccc1OCc1ccccc1. The Morgan fingerprint density at radius 3 is 2.28 bits per heavy atom. The van der Waals surface area contributed by atoms with Crippen molar-refractivity contribution in [3.05, 3.63) is 83.9 Å². The van der Waals surface area contributed by atoms with Gasteiger partial charge in [-0.3, -0.25) is 0 Å². The maximum atomic E-state index is 11.4. The molecule has 126 valence electrons. The maximum absolute atomic E-state index is 11.4. The van der Waals surface area contributed by atoms with Gasteiger partial charge in [-0.05, 0) is 17.7 Å². The third kappa shape index (κ3) is 3.63. The van der Waals surface area contributed by atoms with Crippen LogP contribution >= 0.6 is 0 Å². The summed E-state index contributed by atoms with van der Waals surface area (Å²) in [6.07, 6.45) is 0. The number of methoxy groups -OCH3 is 1. The van der Waals surface area contributed by atoms with Crippen LogP contribution in [-0.2, 0) is 6.61 Å². The van der Waals surface area contributed by atoms with Crippen LogP contribution in [0.5, 0.6) is 11.5 Å². The molecule has 4 nitrogen and oxygen atoms in total. The number of rotatable bonds is 6. The van der Waals surface area contributed by atoms with Crippen LogP contribution in [0.3, 0.4) is 0 Å². The molecule has 0 saturated heterocycles. The number of aromatic carboxylic acids is 1. The van der Waals surface area contributed by atoms with Gasteiger partial charge < -0.3 is 14.6 Å². The van der Waals surface area contributed by atoms with Crippen LogP contribution in [0.2, 0.25) is 0 Å². The van der Waals surface area contributed by atoms with Crippen molar-refractivity contribution in [1.82, 2.24) is 0 Å². The Morgan fingerprint density at radius 2 is 1.56 bits per heavy atom. The van der Waals surface area contributed by atoms with Crippen LogP contribution < -0.4 is 9.47 Å². The minimum Gasteiger partial charge on any atom is -0.495 e. The van der Waals surface area contributed by atoms with Gasteiger partial charge in [-0.25, -0.2) is 4.79 Å². The molecule has 0 heterocycles. The lowest BCUT2D eigenvalue weighted by molar-refractivity contribution is 0.0693. The first-order valence-electron chi connectivity index (χ1n) is 7.87. The molecule has 0 atom stereocenters. The smallest absolute Gasteiger partial charge is 0.339 e. The van der Waals surface area contributed by atoms with Crippen molar-refractivity contribution >= 4 is 5.97 Å². The van der Waals surface area contributed by atoms with Gasteiger partial charge in [-0.2, -0.15) is 0 Å². The zero-order chi connectivity index (χ0) is 17.6. The van der Waals surface area contributed by atoms with Gasteiger partial charge in [0.1, 0.15) is 23.7 Å². The average molecular weight is 334 g/mol. The number of ether oxygens (including phenoxy) is 2. The zero-order valence-corrected chi connectivity index (χ0v) is 13.8. The predicted molar refractivity (Wildman–Crippen MR) is 96.2 cm³/mol. The Hall–Kier alpha value is -3.27. The second-order valence-corrected chi connectivity index (χ2v) is 5.46. The lowest BCUT2D eigenvalue weighted by atomic mass is 10.0. The Morgan fingerprint density at radius 1 is 0.880 bits per heavy atom. The van der Waals surface area contributed by atoms with E-state index in [2.05, 4.69) is 0 Å². The van der Waals surface area contributed by atoms with Crippen LogP contribution in [0.1, 0.15) is 15.9 Å². The monoisotopic (exact) mass is 334 g/mol. The van der Waals surface area contributed by atoms with Crippen molar-refractivity contribution in [2.24, 2.45) is 0 Å². The van der Waals surface area contributed by atoms with Crippen molar-refractivity contribution in [3.63, 3.8) is 0 Å². The summed E-state index contributed by atoms with van der Waals surface area (Å²) in [5.41, 5.74) is 2.66. The van der Waals surface area contributed by atoms with Gasteiger partial charge in [-0.15, -0.1) is 0 Å². The maximum Gasteiger partial charge on any atom is 0.339 e. The van der Waals surface area contributed by atoms with Crippen molar-refractivity contribution in [2.75, 3.05) is 7.11 Å². The van der Waals surface area contributed by atoms with Gasteiger partial charge in [0.2, 0.25) is 0 Å². The van der Waals surface area contributed by atoms with Crippen LogP contribution in [0, 0.1) is 0 Å². The lowest BCUT2D eigenvalue weighted by Gasteiger charge is -2.15. The van der Waals surface area contributed by atoms with Crippen LogP contribution in [0.15, 0.2) is 72.8 Å². The normalized spacial score (nSPS) is 10.3. The van der Waals surface area contributed by atoms with E-state index >= 15 is 0 Å². The van der Waals surface area contributed by atoms with Crippen LogP contribution in [-0.4, -0.2) is 18.2 Å². The summed E-state index contributed by atoms with van der Waals surface area (Å²) in [5.74, 6) is -0.0284. The molecule has 25 heavy (non-hydrogen) atoms. The molecule has 3 aromatic rings. The second kappa shape index (κ2) is 7.53. The van der Waals surface area contributed by atoms with Gasteiger partial charge in [0.15, 0.2) is 0 Å². The van der Waals surface area contributed by atoms with E-state index in [0.717, 1.165) is 11.1 Å². The van der Waals surface area contributed by atoms with Gasteiger partial charge in [0, 0.05) is 11.1 Å². The molecule has 3 aromatic carbocycles. The van der Waals surface area contributed by atoms with E-state index < -0.39 is 5.97 Å². The fraction of sp³-hybridized carbons (Fsp3) is 0.0952. The second-order valence-electron chi connectivity index (χ2n) is 5.46. The zero-order valence-electron chi connectivity index (χ0n) is 13.8. The van der Waals surface area contributed by atoms with Crippen molar-refractivity contribution in [1.29, 1.82) is 0 Å². The van der Waals surface area contributed by atoms with E-state index in [0.29, 0.717) is 23.7 Å².